The van der Waals surface area contributed by atoms with Crippen molar-refractivity contribution < 1.29 is 9.53 Å². The molecule has 1 aliphatic carbocycles. The second kappa shape index (κ2) is 7.25. The molecule has 28 heavy (non-hydrogen) atoms. The number of morpholine rings is 1. The summed E-state index contributed by atoms with van der Waals surface area (Å²) in [5.74, 6) is 0.906. The number of amides is 1. The lowest BCUT2D eigenvalue weighted by Crippen LogP contribution is -2.60. The Balaban J connectivity index is 1.44. The van der Waals surface area contributed by atoms with E-state index in [0.29, 0.717) is 19.1 Å². The maximum Gasteiger partial charge on any atom is 0.256 e. The van der Waals surface area contributed by atoms with Crippen molar-refractivity contribution in [1.82, 2.24) is 14.8 Å². The van der Waals surface area contributed by atoms with Gasteiger partial charge in [0.1, 0.15) is 0 Å². The summed E-state index contributed by atoms with van der Waals surface area (Å²) in [6.07, 6.45) is 6.21. The summed E-state index contributed by atoms with van der Waals surface area (Å²) in [6, 6.07) is 8.43. The Morgan fingerprint density at radius 2 is 2.21 bits per heavy atom. The third-order valence-corrected chi connectivity index (χ3v) is 7.26. The van der Waals surface area contributed by atoms with Crippen molar-refractivity contribution in [3.8, 4) is 0 Å². The molecule has 3 aliphatic rings. The highest BCUT2D eigenvalue weighted by Crippen LogP contribution is 2.43. The van der Waals surface area contributed by atoms with Gasteiger partial charge in [0.25, 0.3) is 5.91 Å². The van der Waals surface area contributed by atoms with Crippen LogP contribution in [-0.2, 0) is 16.1 Å². The van der Waals surface area contributed by atoms with Crippen LogP contribution in [0.5, 0.6) is 0 Å². The molecule has 0 N–H and O–H groups in total. The number of ether oxygens (including phenoxy) is 1. The Morgan fingerprint density at radius 1 is 1.32 bits per heavy atom. The van der Waals surface area contributed by atoms with Crippen molar-refractivity contribution in [2.45, 2.75) is 37.8 Å². The first-order valence-corrected chi connectivity index (χ1v) is 11.1. The van der Waals surface area contributed by atoms with Crippen LogP contribution in [0.15, 0.2) is 36.7 Å². The van der Waals surface area contributed by atoms with Crippen molar-refractivity contribution in [2.75, 3.05) is 32.8 Å². The molecule has 2 aliphatic heterocycles. The average Bonchev–Trinajstić information content (AvgIpc) is 3.32. The van der Waals surface area contributed by atoms with Crippen LogP contribution in [0.3, 0.4) is 0 Å². The number of likely N-dealkylation sites (tertiary alicyclic amines) is 1. The molecule has 1 saturated carbocycles. The van der Waals surface area contributed by atoms with Crippen LogP contribution < -0.4 is 0 Å². The molecule has 5 rings (SSSR count). The van der Waals surface area contributed by atoms with Gasteiger partial charge < -0.3 is 9.64 Å². The van der Waals surface area contributed by atoms with Gasteiger partial charge in [0.05, 0.1) is 6.61 Å². The standard InChI is InChI=1S/C22H27N3O2S/c1-16-4-7-19(28-16)13-24-14-20(18-3-2-8-23-11-18)22(15-24)21(26)25(9-10-27-22)12-17-5-6-17/h2-4,7-8,11,17,20H,5-6,9-10,12-15H2,1H3. The van der Waals surface area contributed by atoms with Gasteiger partial charge in [-0.25, -0.2) is 0 Å². The number of aromatic nitrogens is 1. The lowest BCUT2D eigenvalue weighted by atomic mass is 9.83. The second-order valence-electron chi connectivity index (χ2n) is 8.45. The zero-order chi connectivity index (χ0) is 19.1. The average molecular weight is 398 g/mol. The van der Waals surface area contributed by atoms with Gasteiger partial charge in [0.2, 0.25) is 0 Å². The number of rotatable bonds is 5. The summed E-state index contributed by atoms with van der Waals surface area (Å²) < 4.78 is 6.35. The van der Waals surface area contributed by atoms with Crippen LogP contribution in [0.25, 0.3) is 0 Å². The molecule has 2 atom stereocenters. The zero-order valence-electron chi connectivity index (χ0n) is 16.3. The van der Waals surface area contributed by atoms with Crippen LogP contribution >= 0.6 is 11.3 Å². The Kier molecular flexibility index (Phi) is 4.73. The third-order valence-electron chi connectivity index (χ3n) is 6.27. The van der Waals surface area contributed by atoms with Gasteiger partial charge >= 0.3 is 0 Å². The molecule has 1 amide bonds. The van der Waals surface area contributed by atoms with E-state index in [2.05, 4.69) is 39.9 Å². The Labute approximate surface area is 170 Å². The largest absolute Gasteiger partial charge is 0.361 e. The van der Waals surface area contributed by atoms with Crippen LogP contribution in [-0.4, -0.2) is 59.1 Å². The Hall–Kier alpha value is -1.76. The smallest absolute Gasteiger partial charge is 0.256 e. The molecule has 0 radical (unpaired) electrons. The minimum Gasteiger partial charge on any atom is -0.361 e. The first kappa shape index (κ1) is 18.3. The molecule has 2 aromatic rings. The molecular formula is C22H27N3O2S. The lowest BCUT2D eigenvalue weighted by molar-refractivity contribution is -0.172. The fourth-order valence-electron chi connectivity index (χ4n) is 4.70. The van der Waals surface area contributed by atoms with Crippen molar-refractivity contribution in [1.29, 1.82) is 0 Å². The molecule has 2 unspecified atom stereocenters. The van der Waals surface area contributed by atoms with Gasteiger partial charge in [-0.05, 0) is 49.4 Å². The van der Waals surface area contributed by atoms with Gasteiger partial charge in [0.15, 0.2) is 5.60 Å². The van der Waals surface area contributed by atoms with E-state index in [0.717, 1.165) is 31.7 Å². The van der Waals surface area contributed by atoms with E-state index < -0.39 is 5.60 Å². The van der Waals surface area contributed by atoms with Crippen molar-refractivity contribution in [2.24, 2.45) is 5.92 Å². The van der Waals surface area contributed by atoms with Gasteiger partial charge in [0, 0.05) is 60.8 Å². The van der Waals surface area contributed by atoms with E-state index in [1.54, 1.807) is 6.20 Å². The minimum atomic E-state index is -0.775. The third kappa shape index (κ3) is 3.38. The van der Waals surface area contributed by atoms with Gasteiger partial charge in [-0.3, -0.25) is 14.7 Å². The van der Waals surface area contributed by atoms with Crippen LogP contribution in [0, 0.1) is 12.8 Å². The Bertz CT molecular complexity index is 850. The first-order chi connectivity index (χ1) is 13.6. The summed E-state index contributed by atoms with van der Waals surface area (Å²) in [4.78, 5) is 25.1. The number of aryl methyl sites for hydroxylation is 1. The van der Waals surface area contributed by atoms with E-state index in [1.807, 2.05) is 23.6 Å². The molecule has 3 fully saturated rings. The number of pyridine rings is 1. The summed E-state index contributed by atoms with van der Waals surface area (Å²) in [5.41, 5.74) is 0.330. The molecule has 1 spiro atoms. The van der Waals surface area contributed by atoms with Crippen LogP contribution in [0.4, 0.5) is 0 Å². The normalized spacial score (nSPS) is 28.4. The summed E-state index contributed by atoms with van der Waals surface area (Å²) in [5, 5.41) is 0. The molecule has 2 aromatic heterocycles. The van der Waals surface area contributed by atoms with E-state index in [-0.39, 0.29) is 11.8 Å². The number of thiophene rings is 1. The van der Waals surface area contributed by atoms with E-state index in [4.69, 9.17) is 4.74 Å². The maximum atomic E-state index is 13.7. The predicted molar refractivity (Wildman–Crippen MR) is 109 cm³/mol. The van der Waals surface area contributed by atoms with Crippen molar-refractivity contribution >= 4 is 17.2 Å². The fraction of sp³-hybridized carbons (Fsp3) is 0.545. The number of carbonyl (C=O) groups is 1. The molecule has 148 valence electrons. The minimum absolute atomic E-state index is 0.0248. The molecule has 2 saturated heterocycles. The quantitative estimate of drug-likeness (QED) is 0.778. The molecule has 0 aromatic carbocycles. The highest BCUT2D eigenvalue weighted by Gasteiger charge is 2.57. The highest BCUT2D eigenvalue weighted by atomic mass is 32.1. The first-order valence-electron chi connectivity index (χ1n) is 10.2. The molecular weight excluding hydrogens is 370 g/mol. The van der Waals surface area contributed by atoms with E-state index in [9.17, 15) is 4.79 Å². The lowest BCUT2D eigenvalue weighted by Gasteiger charge is -2.42. The summed E-state index contributed by atoms with van der Waals surface area (Å²) >= 11 is 1.83. The molecule has 0 bridgehead atoms. The number of hydrogen-bond acceptors (Lipinski definition) is 5. The Morgan fingerprint density at radius 3 is 2.93 bits per heavy atom. The number of carbonyl (C=O) groups excluding carboxylic acids is 1. The number of nitrogens with zero attached hydrogens (tertiary/aromatic N) is 3. The van der Waals surface area contributed by atoms with Crippen LogP contribution in [0.1, 0.15) is 34.1 Å². The van der Waals surface area contributed by atoms with Crippen LogP contribution in [0.2, 0.25) is 0 Å². The summed E-state index contributed by atoms with van der Waals surface area (Å²) in [6.45, 7) is 6.74. The SMILES string of the molecule is Cc1ccc(CN2CC(c3cccnc3)C3(C2)OCCN(CC2CC2)C3=O)s1. The maximum absolute atomic E-state index is 13.7. The second-order valence-corrected chi connectivity index (χ2v) is 9.83. The molecule has 5 nitrogen and oxygen atoms in total. The topological polar surface area (TPSA) is 45.7 Å². The van der Waals surface area contributed by atoms with Gasteiger partial charge in [-0.1, -0.05) is 6.07 Å². The highest BCUT2D eigenvalue weighted by molar-refractivity contribution is 7.11. The van der Waals surface area contributed by atoms with Crippen molar-refractivity contribution in [3.05, 3.63) is 52.0 Å². The molecule has 4 heterocycles. The monoisotopic (exact) mass is 397 g/mol. The number of hydrogen-bond donors (Lipinski definition) is 0. The molecule has 6 heteroatoms. The van der Waals surface area contributed by atoms with E-state index in [1.165, 1.54) is 22.6 Å². The predicted octanol–water partition coefficient (Wildman–Crippen LogP) is 3.06. The van der Waals surface area contributed by atoms with Gasteiger partial charge in [-0.15, -0.1) is 11.3 Å². The van der Waals surface area contributed by atoms with Crippen molar-refractivity contribution in [3.63, 3.8) is 0 Å². The van der Waals surface area contributed by atoms with Gasteiger partial charge in [-0.2, -0.15) is 0 Å². The van der Waals surface area contributed by atoms with E-state index >= 15 is 0 Å². The summed E-state index contributed by atoms with van der Waals surface area (Å²) in [7, 11) is 0. The fourth-order valence-corrected chi connectivity index (χ4v) is 5.63. The zero-order valence-corrected chi connectivity index (χ0v) is 17.2.